The highest BCUT2D eigenvalue weighted by molar-refractivity contribution is 5.86. The van der Waals surface area contributed by atoms with E-state index in [1.54, 1.807) is 18.2 Å². The van der Waals surface area contributed by atoms with Gasteiger partial charge in [0, 0.05) is 5.39 Å². The van der Waals surface area contributed by atoms with Gasteiger partial charge in [0.05, 0.1) is 6.20 Å². The second kappa shape index (κ2) is 3.12. The van der Waals surface area contributed by atoms with Gasteiger partial charge in [0.15, 0.2) is 5.58 Å². The first kappa shape index (κ1) is 8.71. The summed E-state index contributed by atoms with van der Waals surface area (Å²) in [7, 11) is 0. The Morgan fingerprint density at radius 1 is 1.57 bits per heavy atom. The first-order chi connectivity index (χ1) is 6.70. The third-order valence-electron chi connectivity index (χ3n) is 2.03. The third kappa shape index (κ3) is 1.23. The summed E-state index contributed by atoms with van der Waals surface area (Å²) in [5.41, 5.74) is 6.55. The van der Waals surface area contributed by atoms with Crippen LogP contribution in [0.3, 0.4) is 0 Å². The predicted octanol–water partition coefficient (Wildman–Crippen LogP) is 0.912. The predicted molar refractivity (Wildman–Crippen MR) is 48.6 cm³/mol. The smallest absolute Gasteiger partial charge is 0.325 e. The van der Waals surface area contributed by atoms with E-state index in [1.165, 1.54) is 6.20 Å². The van der Waals surface area contributed by atoms with E-state index in [0.29, 0.717) is 16.5 Å². The SMILES string of the molecule is NC(C(=O)O)c1cccc2oncc12. The van der Waals surface area contributed by atoms with Gasteiger partial charge in [0.1, 0.15) is 6.04 Å². The quantitative estimate of drug-likeness (QED) is 0.738. The summed E-state index contributed by atoms with van der Waals surface area (Å²) >= 11 is 0. The van der Waals surface area contributed by atoms with Gasteiger partial charge in [-0.15, -0.1) is 0 Å². The summed E-state index contributed by atoms with van der Waals surface area (Å²) in [6.07, 6.45) is 1.47. The molecule has 72 valence electrons. The van der Waals surface area contributed by atoms with Gasteiger partial charge < -0.3 is 15.4 Å². The van der Waals surface area contributed by atoms with Gasteiger partial charge in [-0.2, -0.15) is 0 Å². The van der Waals surface area contributed by atoms with Crippen molar-refractivity contribution in [2.24, 2.45) is 5.73 Å². The minimum atomic E-state index is -1.07. The summed E-state index contributed by atoms with van der Waals surface area (Å²) < 4.78 is 4.89. The highest BCUT2D eigenvalue weighted by Gasteiger charge is 2.17. The summed E-state index contributed by atoms with van der Waals surface area (Å²) in [5, 5.41) is 13.0. The van der Waals surface area contributed by atoms with Crippen LogP contribution in [0.2, 0.25) is 0 Å². The van der Waals surface area contributed by atoms with Crippen molar-refractivity contribution in [1.29, 1.82) is 0 Å². The Balaban J connectivity index is 2.61. The maximum absolute atomic E-state index is 10.7. The third-order valence-corrected chi connectivity index (χ3v) is 2.03. The van der Waals surface area contributed by atoms with Crippen LogP contribution in [0, 0.1) is 0 Å². The van der Waals surface area contributed by atoms with E-state index in [-0.39, 0.29) is 0 Å². The monoisotopic (exact) mass is 192 g/mol. The number of carbonyl (C=O) groups is 1. The van der Waals surface area contributed by atoms with Crippen LogP contribution in [0.25, 0.3) is 11.0 Å². The fraction of sp³-hybridized carbons (Fsp3) is 0.111. The average molecular weight is 192 g/mol. The van der Waals surface area contributed by atoms with Gasteiger partial charge >= 0.3 is 5.97 Å². The van der Waals surface area contributed by atoms with Crippen molar-refractivity contribution in [3.8, 4) is 0 Å². The Bertz CT molecular complexity index is 478. The first-order valence-corrected chi connectivity index (χ1v) is 4.02. The number of hydrogen-bond acceptors (Lipinski definition) is 4. The van der Waals surface area contributed by atoms with Crippen molar-refractivity contribution < 1.29 is 14.4 Å². The molecule has 0 bridgehead atoms. The molecule has 5 heteroatoms. The zero-order chi connectivity index (χ0) is 10.1. The number of benzene rings is 1. The number of hydrogen-bond donors (Lipinski definition) is 2. The number of nitrogens with two attached hydrogens (primary N) is 1. The lowest BCUT2D eigenvalue weighted by atomic mass is 10.0. The summed E-state index contributed by atoms with van der Waals surface area (Å²) in [5.74, 6) is -1.07. The molecule has 0 saturated heterocycles. The maximum Gasteiger partial charge on any atom is 0.325 e. The molecular formula is C9H8N2O3. The first-order valence-electron chi connectivity index (χ1n) is 4.02. The number of carboxylic acids is 1. The van der Waals surface area contributed by atoms with Crippen LogP contribution in [0.5, 0.6) is 0 Å². The van der Waals surface area contributed by atoms with E-state index in [9.17, 15) is 4.79 Å². The molecule has 0 radical (unpaired) electrons. The van der Waals surface area contributed by atoms with Crippen molar-refractivity contribution in [2.45, 2.75) is 6.04 Å². The molecule has 0 saturated carbocycles. The lowest BCUT2D eigenvalue weighted by molar-refractivity contribution is -0.138. The summed E-state index contributed by atoms with van der Waals surface area (Å²) in [4.78, 5) is 10.7. The van der Waals surface area contributed by atoms with Crippen LogP contribution in [-0.2, 0) is 4.79 Å². The van der Waals surface area contributed by atoms with Crippen molar-refractivity contribution in [3.05, 3.63) is 30.0 Å². The molecule has 3 N–H and O–H groups in total. The molecule has 0 aliphatic heterocycles. The molecule has 2 rings (SSSR count). The van der Waals surface area contributed by atoms with E-state index >= 15 is 0 Å². The van der Waals surface area contributed by atoms with Crippen molar-refractivity contribution in [1.82, 2.24) is 5.16 Å². The van der Waals surface area contributed by atoms with E-state index in [4.69, 9.17) is 15.4 Å². The van der Waals surface area contributed by atoms with E-state index < -0.39 is 12.0 Å². The highest BCUT2D eigenvalue weighted by Crippen LogP contribution is 2.22. The number of nitrogens with zero attached hydrogens (tertiary/aromatic N) is 1. The molecule has 14 heavy (non-hydrogen) atoms. The topological polar surface area (TPSA) is 89.4 Å². The normalized spacial score (nSPS) is 12.9. The van der Waals surface area contributed by atoms with Crippen LogP contribution < -0.4 is 5.73 Å². The Labute approximate surface area is 79.1 Å². The number of aliphatic carboxylic acids is 1. The Kier molecular flexibility index (Phi) is 1.94. The van der Waals surface area contributed by atoms with E-state index in [2.05, 4.69) is 5.16 Å². The van der Waals surface area contributed by atoms with Gasteiger partial charge in [0.25, 0.3) is 0 Å². The molecule has 1 aromatic carbocycles. The number of rotatable bonds is 2. The minimum Gasteiger partial charge on any atom is -0.480 e. The fourth-order valence-electron chi connectivity index (χ4n) is 1.32. The van der Waals surface area contributed by atoms with Crippen LogP contribution in [0.1, 0.15) is 11.6 Å². The van der Waals surface area contributed by atoms with Crippen molar-refractivity contribution >= 4 is 16.9 Å². The Morgan fingerprint density at radius 2 is 2.36 bits per heavy atom. The zero-order valence-corrected chi connectivity index (χ0v) is 7.18. The molecule has 0 spiro atoms. The van der Waals surface area contributed by atoms with Gasteiger partial charge in [-0.25, -0.2) is 0 Å². The van der Waals surface area contributed by atoms with Crippen molar-refractivity contribution in [3.63, 3.8) is 0 Å². The Hall–Kier alpha value is -1.88. The maximum atomic E-state index is 10.7. The summed E-state index contributed by atoms with van der Waals surface area (Å²) in [6.45, 7) is 0. The Morgan fingerprint density at radius 3 is 3.07 bits per heavy atom. The largest absolute Gasteiger partial charge is 0.480 e. The van der Waals surface area contributed by atoms with Crippen LogP contribution >= 0.6 is 0 Å². The van der Waals surface area contributed by atoms with Crippen molar-refractivity contribution in [2.75, 3.05) is 0 Å². The number of aromatic nitrogens is 1. The molecule has 2 aromatic rings. The van der Waals surface area contributed by atoms with Gasteiger partial charge in [-0.05, 0) is 11.6 Å². The standard InChI is InChI=1S/C9H8N2O3/c10-8(9(12)13)5-2-1-3-7-6(5)4-11-14-7/h1-4,8H,10H2,(H,12,13). The van der Waals surface area contributed by atoms with E-state index in [1.807, 2.05) is 0 Å². The molecule has 1 unspecified atom stereocenters. The molecule has 1 atom stereocenters. The molecule has 5 nitrogen and oxygen atoms in total. The van der Waals surface area contributed by atoms with Gasteiger partial charge in [0.2, 0.25) is 0 Å². The van der Waals surface area contributed by atoms with Gasteiger partial charge in [-0.1, -0.05) is 17.3 Å². The fourth-order valence-corrected chi connectivity index (χ4v) is 1.32. The van der Waals surface area contributed by atoms with Crippen LogP contribution in [0.4, 0.5) is 0 Å². The molecule has 1 aromatic heterocycles. The van der Waals surface area contributed by atoms with Crippen LogP contribution in [0.15, 0.2) is 28.9 Å². The van der Waals surface area contributed by atoms with Crippen LogP contribution in [-0.4, -0.2) is 16.2 Å². The number of fused-ring (bicyclic) bond motifs is 1. The molecule has 0 fully saturated rings. The molecular weight excluding hydrogens is 184 g/mol. The molecule has 0 aliphatic carbocycles. The second-order valence-corrected chi connectivity index (χ2v) is 2.90. The molecule has 0 amide bonds. The second-order valence-electron chi connectivity index (χ2n) is 2.90. The average Bonchev–Trinajstić information content (AvgIpc) is 2.63. The lowest BCUT2D eigenvalue weighted by Crippen LogP contribution is -2.20. The zero-order valence-electron chi connectivity index (χ0n) is 7.18. The molecule has 1 heterocycles. The van der Waals surface area contributed by atoms with E-state index in [0.717, 1.165) is 0 Å². The minimum absolute atomic E-state index is 0.510. The summed E-state index contributed by atoms with van der Waals surface area (Å²) in [6, 6.07) is 4.00. The number of carboxylic acid groups (broad SMARTS) is 1. The molecule has 0 aliphatic rings. The van der Waals surface area contributed by atoms with Gasteiger partial charge in [-0.3, -0.25) is 4.79 Å². The highest BCUT2D eigenvalue weighted by atomic mass is 16.5. The lowest BCUT2D eigenvalue weighted by Gasteiger charge is -2.06.